The molecule has 0 aromatic heterocycles. The Morgan fingerprint density at radius 2 is 1.12 bits per heavy atom. The number of hydrogen-bond donors (Lipinski definition) is 0. The van der Waals surface area contributed by atoms with E-state index in [1.807, 2.05) is 25.1 Å². The summed E-state index contributed by atoms with van der Waals surface area (Å²) in [4.78, 5) is 31.3. The van der Waals surface area contributed by atoms with Crippen LogP contribution >= 0.6 is 0 Å². The first-order valence-corrected chi connectivity index (χ1v) is 17.9. The van der Waals surface area contributed by atoms with Crippen molar-refractivity contribution in [1.29, 1.82) is 0 Å². The van der Waals surface area contributed by atoms with Crippen molar-refractivity contribution in [1.82, 2.24) is 0 Å². The number of aryl methyl sites for hydroxylation is 7. The molecular formula is C46H62O3. The smallest absolute Gasteiger partial charge is 0.150 e. The van der Waals surface area contributed by atoms with Crippen LogP contribution in [0.1, 0.15) is 129 Å². The zero-order valence-corrected chi connectivity index (χ0v) is 31.9. The zero-order valence-electron chi connectivity index (χ0n) is 31.9. The van der Waals surface area contributed by atoms with Crippen LogP contribution in [0.4, 0.5) is 0 Å². The third-order valence-corrected chi connectivity index (χ3v) is 8.31. The minimum atomic E-state index is 0.632. The second kappa shape index (κ2) is 24.9. The molecule has 0 aliphatic carbocycles. The number of carbonyl (C=O) groups excluding carboxylic acids is 3. The lowest BCUT2D eigenvalue weighted by Crippen LogP contribution is -1.95. The van der Waals surface area contributed by atoms with Gasteiger partial charge in [-0.1, -0.05) is 104 Å². The van der Waals surface area contributed by atoms with Crippen LogP contribution in [0.2, 0.25) is 0 Å². The van der Waals surface area contributed by atoms with Gasteiger partial charge in [-0.05, 0) is 150 Å². The molecule has 264 valence electrons. The number of benzene rings is 3. The van der Waals surface area contributed by atoms with E-state index < -0.39 is 0 Å². The lowest BCUT2D eigenvalue weighted by atomic mass is 9.97. The first-order valence-electron chi connectivity index (χ1n) is 17.9. The van der Waals surface area contributed by atoms with Crippen molar-refractivity contribution < 1.29 is 14.4 Å². The maximum absolute atomic E-state index is 10.6. The van der Waals surface area contributed by atoms with Gasteiger partial charge in [0.25, 0.3) is 0 Å². The first kappa shape index (κ1) is 42.9. The van der Waals surface area contributed by atoms with Crippen LogP contribution in [0.15, 0.2) is 84.0 Å². The fraction of sp³-hybridized carbons (Fsp3) is 0.413. The van der Waals surface area contributed by atoms with Gasteiger partial charge in [0.05, 0.1) is 0 Å². The summed E-state index contributed by atoms with van der Waals surface area (Å²) in [6, 6.07) is 19.1. The Labute approximate surface area is 298 Å². The van der Waals surface area contributed by atoms with Crippen LogP contribution in [-0.2, 0) is 35.3 Å². The van der Waals surface area contributed by atoms with E-state index in [0.29, 0.717) is 6.42 Å². The van der Waals surface area contributed by atoms with Crippen molar-refractivity contribution in [3.8, 4) is 0 Å². The Hall–Kier alpha value is -4.11. The van der Waals surface area contributed by atoms with Crippen molar-refractivity contribution in [2.24, 2.45) is 5.92 Å². The summed E-state index contributed by atoms with van der Waals surface area (Å²) in [5.41, 5.74) is 13.6. The molecule has 3 nitrogen and oxygen atoms in total. The molecule has 0 heterocycles. The van der Waals surface area contributed by atoms with E-state index in [4.69, 9.17) is 0 Å². The third kappa shape index (κ3) is 19.5. The summed E-state index contributed by atoms with van der Waals surface area (Å²) in [7, 11) is 0. The molecule has 0 bridgehead atoms. The minimum absolute atomic E-state index is 0.632. The predicted molar refractivity (Wildman–Crippen MR) is 212 cm³/mol. The van der Waals surface area contributed by atoms with Crippen molar-refractivity contribution in [3.63, 3.8) is 0 Å². The fourth-order valence-corrected chi connectivity index (χ4v) is 5.43. The highest BCUT2D eigenvalue weighted by Gasteiger charge is 2.02. The fourth-order valence-electron chi connectivity index (χ4n) is 5.43. The zero-order chi connectivity index (χ0) is 36.6. The van der Waals surface area contributed by atoms with Gasteiger partial charge >= 0.3 is 0 Å². The van der Waals surface area contributed by atoms with E-state index in [-0.39, 0.29) is 0 Å². The maximum atomic E-state index is 10.6. The number of carbonyl (C=O) groups is 3. The van der Waals surface area contributed by atoms with Crippen LogP contribution in [-0.4, -0.2) is 18.9 Å². The molecule has 0 aliphatic rings. The molecule has 3 aromatic rings. The van der Waals surface area contributed by atoms with Gasteiger partial charge in [-0.3, -0.25) is 9.59 Å². The Morgan fingerprint density at radius 1 is 0.612 bits per heavy atom. The largest absolute Gasteiger partial charge is 0.303 e. The van der Waals surface area contributed by atoms with Gasteiger partial charge in [-0.15, -0.1) is 0 Å². The molecule has 0 saturated carbocycles. The van der Waals surface area contributed by atoms with Gasteiger partial charge in [0, 0.05) is 12.0 Å². The van der Waals surface area contributed by atoms with Crippen molar-refractivity contribution in [2.75, 3.05) is 0 Å². The average Bonchev–Trinajstić information content (AvgIpc) is 3.04. The number of allylic oxidation sites excluding steroid dienone is 5. The van der Waals surface area contributed by atoms with E-state index in [1.165, 1.54) is 69.9 Å². The molecule has 3 aromatic carbocycles. The van der Waals surface area contributed by atoms with E-state index >= 15 is 0 Å². The lowest BCUT2D eigenvalue weighted by Gasteiger charge is -2.08. The molecule has 0 fully saturated rings. The summed E-state index contributed by atoms with van der Waals surface area (Å²) in [5, 5.41) is 0. The second-order valence-electron chi connectivity index (χ2n) is 13.9. The number of rotatable bonds is 16. The first-order chi connectivity index (χ1) is 23.4. The van der Waals surface area contributed by atoms with Crippen molar-refractivity contribution in [3.05, 3.63) is 134 Å². The molecule has 0 N–H and O–H groups in total. The normalized spacial score (nSPS) is 10.4. The molecule has 3 heteroatoms. The van der Waals surface area contributed by atoms with E-state index in [0.717, 1.165) is 73.6 Å². The van der Waals surface area contributed by atoms with Crippen molar-refractivity contribution >= 4 is 24.9 Å². The molecule has 0 atom stereocenters. The Bertz CT molecular complexity index is 1530. The minimum Gasteiger partial charge on any atom is -0.303 e. The molecule has 0 radical (unpaired) electrons. The number of hydrogen-bond acceptors (Lipinski definition) is 3. The summed E-state index contributed by atoms with van der Waals surface area (Å²) >= 11 is 0. The lowest BCUT2D eigenvalue weighted by molar-refractivity contribution is -0.107. The molecule has 3 rings (SSSR count). The van der Waals surface area contributed by atoms with E-state index in [2.05, 4.69) is 110 Å². The van der Waals surface area contributed by atoms with Crippen LogP contribution in [0, 0.1) is 26.7 Å². The second-order valence-corrected chi connectivity index (χ2v) is 13.9. The highest BCUT2D eigenvalue weighted by Crippen LogP contribution is 2.17. The summed E-state index contributed by atoms with van der Waals surface area (Å²) in [5.74, 6) is 0.794. The topological polar surface area (TPSA) is 51.2 Å². The molecule has 0 unspecified atom stereocenters. The van der Waals surface area contributed by atoms with Gasteiger partial charge in [0.15, 0.2) is 0 Å². The van der Waals surface area contributed by atoms with Gasteiger partial charge in [0.1, 0.15) is 18.9 Å². The van der Waals surface area contributed by atoms with Crippen LogP contribution in [0.5, 0.6) is 0 Å². The summed E-state index contributed by atoms with van der Waals surface area (Å²) < 4.78 is 0. The van der Waals surface area contributed by atoms with Gasteiger partial charge in [-0.25, -0.2) is 0 Å². The summed E-state index contributed by atoms with van der Waals surface area (Å²) in [6.45, 7) is 19.2. The van der Waals surface area contributed by atoms with Crippen LogP contribution in [0.3, 0.4) is 0 Å². The molecule has 0 saturated heterocycles. The SMILES string of the molecule is CC(C)=CCCc1ccc(/C=C/C=O)c(C)c1.CC(C)=CCCc1ccc(C=O)c(C)c1.Cc1cc(CCCC(C)C)ccc1CCC=O. The Balaban J connectivity index is 0.000000368. The Morgan fingerprint density at radius 3 is 1.57 bits per heavy atom. The number of aldehydes is 3. The Kier molecular flexibility index (Phi) is 21.8. The average molecular weight is 663 g/mol. The van der Waals surface area contributed by atoms with E-state index in [9.17, 15) is 14.4 Å². The molecule has 0 amide bonds. The quantitative estimate of drug-likeness (QED) is 0.0871. The summed E-state index contributed by atoms with van der Waals surface area (Å²) in [6.07, 6.45) is 20.1. The monoisotopic (exact) mass is 662 g/mol. The molecular weight excluding hydrogens is 601 g/mol. The van der Waals surface area contributed by atoms with Gasteiger partial charge < -0.3 is 4.79 Å². The van der Waals surface area contributed by atoms with E-state index in [1.54, 1.807) is 0 Å². The molecule has 0 spiro atoms. The highest BCUT2D eigenvalue weighted by atomic mass is 16.1. The highest BCUT2D eigenvalue weighted by molar-refractivity contribution is 5.77. The van der Waals surface area contributed by atoms with Crippen LogP contribution < -0.4 is 0 Å². The molecule has 49 heavy (non-hydrogen) atoms. The maximum Gasteiger partial charge on any atom is 0.150 e. The van der Waals surface area contributed by atoms with Crippen LogP contribution in [0.25, 0.3) is 6.08 Å². The standard InChI is InChI=1S/C16H24O.C16H20O.C14H18O/c2*1-13(2)6-4-7-15-9-10-16(8-5-11-17)14(3)12-15;1-11(2)5-4-6-13-7-8-14(10-15)12(3)9-13/h9-13H,4-8H2,1-3H3;5-6,8-12H,4,7H2,1-3H3;5,7-10H,4,6H2,1-3H3/b;8-5+;. The van der Waals surface area contributed by atoms with Gasteiger partial charge in [-0.2, -0.15) is 0 Å². The molecule has 0 aliphatic heterocycles. The predicted octanol–water partition coefficient (Wildman–Crippen LogP) is 11.9. The van der Waals surface area contributed by atoms with Crippen molar-refractivity contribution in [2.45, 2.75) is 120 Å². The third-order valence-electron chi connectivity index (χ3n) is 8.31. The van der Waals surface area contributed by atoms with Gasteiger partial charge in [0.2, 0.25) is 0 Å².